The third-order valence-electron chi connectivity index (χ3n) is 6.08. The third kappa shape index (κ3) is 2.50. The summed E-state index contributed by atoms with van der Waals surface area (Å²) in [6.07, 6.45) is 5.02. The quantitative estimate of drug-likeness (QED) is 0.903. The number of rotatable bonds is 4. The van der Waals surface area contributed by atoms with Gasteiger partial charge in [0, 0.05) is 32.6 Å². The summed E-state index contributed by atoms with van der Waals surface area (Å²) in [5, 5.41) is 10.4. The van der Waals surface area contributed by atoms with E-state index in [0.717, 1.165) is 12.0 Å². The molecule has 26 heavy (non-hydrogen) atoms. The maximum absolute atomic E-state index is 12.6. The molecular formula is C19H21N5O2. The van der Waals surface area contributed by atoms with Crippen LogP contribution in [0.3, 0.4) is 0 Å². The minimum absolute atomic E-state index is 0.196. The maximum Gasteiger partial charge on any atom is 0.271 e. The molecule has 7 nitrogen and oxygen atoms in total. The number of hydrogen-bond donors (Lipinski definition) is 1. The van der Waals surface area contributed by atoms with Crippen LogP contribution >= 0.6 is 0 Å². The van der Waals surface area contributed by atoms with Crippen LogP contribution in [-0.4, -0.2) is 31.7 Å². The highest BCUT2D eigenvalue weighted by atomic mass is 16.2. The Labute approximate surface area is 151 Å². The average Bonchev–Trinajstić information content (AvgIpc) is 3.46. The Balaban J connectivity index is 1.22. The Morgan fingerprint density at radius 1 is 1.27 bits per heavy atom. The molecule has 1 unspecified atom stereocenters. The largest absolute Gasteiger partial charge is 0.347 e. The molecule has 1 aromatic heterocycles. The van der Waals surface area contributed by atoms with Gasteiger partial charge in [-0.05, 0) is 41.4 Å². The van der Waals surface area contributed by atoms with Crippen LogP contribution in [-0.2, 0) is 31.5 Å². The van der Waals surface area contributed by atoms with Gasteiger partial charge in [-0.1, -0.05) is 23.4 Å². The maximum atomic E-state index is 12.6. The van der Waals surface area contributed by atoms with Gasteiger partial charge in [0.25, 0.3) is 5.91 Å². The van der Waals surface area contributed by atoms with Gasteiger partial charge >= 0.3 is 0 Å². The van der Waals surface area contributed by atoms with Gasteiger partial charge in [-0.25, -0.2) is 4.68 Å². The monoisotopic (exact) mass is 351 g/mol. The molecule has 1 spiro atoms. The first-order valence-electron chi connectivity index (χ1n) is 9.08. The van der Waals surface area contributed by atoms with Crippen LogP contribution < -0.4 is 5.32 Å². The van der Waals surface area contributed by atoms with Crippen molar-refractivity contribution in [3.05, 3.63) is 46.8 Å². The molecule has 3 aliphatic rings. The lowest BCUT2D eigenvalue weighted by atomic mass is 10.1. The summed E-state index contributed by atoms with van der Waals surface area (Å²) in [6, 6.07) is 6.20. The van der Waals surface area contributed by atoms with E-state index >= 15 is 0 Å². The number of nitrogens with one attached hydrogen (secondary N) is 1. The van der Waals surface area contributed by atoms with Crippen molar-refractivity contribution < 1.29 is 9.59 Å². The van der Waals surface area contributed by atoms with E-state index in [1.165, 1.54) is 34.8 Å². The minimum atomic E-state index is -0.196. The zero-order valence-corrected chi connectivity index (χ0v) is 14.7. The predicted octanol–water partition coefficient (Wildman–Crippen LogP) is 1.39. The number of amides is 2. The minimum Gasteiger partial charge on any atom is -0.347 e. The van der Waals surface area contributed by atoms with Crippen LogP contribution in [0.2, 0.25) is 0 Å². The molecule has 2 saturated carbocycles. The van der Waals surface area contributed by atoms with Gasteiger partial charge < -0.3 is 10.2 Å². The van der Waals surface area contributed by atoms with E-state index in [-0.39, 0.29) is 11.8 Å². The SMILES string of the molecule is Cn1nncc1C(=O)NCc1ccc2c(c1)CN(C(=O)C1CC13CC3)C2. The summed E-state index contributed by atoms with van der Waals surface area (Å²) in [6.45, 7) is 1.85. The van der Waals surface area contributed by atoms with Crippen molar-refractivity contribution in [3.63, 3.8) is 0 Å². The molecule has 2 amide bonds. The Morgan fingerprint density at radius 2 is 2.08 bits per heavy atom. The van der Waals surface area contributed by atoms with Gasteiger partial charge in [-0.2, -0.15) is 0 Å². The molecule has 134 valence electrons. The van der Waals surface area contributed by atoms with Crippen molar-refractivity contribution in [2.75, 3.05) is 0 Å². The molecule has 1 N–H and O–H groups in total. The van der Waals surface area contributed by atoms with Crippen molar-refractivity contribution in [2.24, 2.45) is 18.4 Å². The summed E-state index contributed by atoms with van der Waals surface area (Å²) < 4.78 is 1.45. The van der Waals surface area contributed by atoms with E-state index in [0.29, 0.717) is 36.7 Å². The highest BCUT2D eigenvalue weighted by molar-refractivity contribution is 5.92. The average molecular weight is 351 g/mol. The lowest BCUT2D eigenvalue weighted by molar-refractivity contribution is -0.133. The second-order valence-corrected chi connectivity index (χ2v) is 7.84. The molecule has 0 radical (unpaired) electrons. The Morgan fingerprint density at radius 3 is 2.77 bits per heavy atom. The van der Waals surface area contributed by atoms with Crippen LogP contribution in [0.25, 0.3) is 0 Å². The molecule has 7 heteroatoms. The molecular weight excluding hydrogens is 330 g/mol. The predicted molar refractivity (Wildman–Crippen MR) is 92.6 cm³/mol. The first kappa shape index (κ1) is 15.5. The van der Waals surface area contributed by atoms with E-state index in [1.54, 1.807) is 7.05 Å². The number of aryl methyl sites for hydroxylation is 1. The van der Waals surface area contributed by atoms with E-state index in [2.05, 4.69) is 27.8 Å². The number of hydrogen-bond acceptors (Lipinski definition) is 4. The van der Waals surface area contributed by atoms with Crippen LogP contribution in [0, 0.1) is 11.3 Å². The van der Waals surface area contributed by atoms with E-state index in [4.69, 9.17) is 0 Å². The third-order valence-corrected chi connectivity index (χ3v) is 6.08. The number of carbonyl (C=O) groups is 2. The fourth-order valence-corrected chi connectivity index (χ4v) is 4.11. The number of aromatic nitrogens is 3. The molecule has 1 aromatic carbocycles. The number of carbonyl (C=O) groups excluding carboxylic acids is 2. The normalized spacial score (nSPS) is 21.6. The van der Waals surface area contributed by atoms with Gasteiger partial charge in [0.1, 0.15) is 5.69 Å². The summed E-state index contributed by atoms with van der Waals surface area (Å²) in [4.78, 5) is 26.8. The molecule has 2 heterocycles. The second kappa shape index (κ2) is 5.40. The van der Waals surface area contributed by atoms with Crippen molar-refractivity contribution in [3.8, 4) is 0 Å². The molecule has 1 atom stereocenters. The van der Waals surface area contributed by atoms with Crippen LogP contribution in [0.1, 0.15) is 46.4 Å². The highest BCUT2D eigenvalue weighted by Crippen LogP contribution is 2.71. The fraction of sp³-hybridized carbons (Fsp3) is 0.474. The lowest BCUT2D eigenvalue weighted by Crippen LogP contribution is -2.27. The van der Waals surface area contributed by atoms with Crippen molar-refractivity contribution in [2.45, 2.75) is 38.9 Å². The zero-order valence-electron chi connectivity index (χ0n) is 14.7. The molecule has 5 rings (SSSR count). The van der Waals surface area contributed by atoms with Gasteiger partial charge in [-0.15, -0.1) is 5.10 Å². The van der Waals surface area contributed by atoms with Crippen LogP contribution in [0.5, 0.6) is 0 Å². The summed E-state index contributed by atoms with van der Waals surface area (Å²) in [7, 11) is 1.69. The fourth-order valence-electron chi connectivity index (χ4n) is 4.11. The standard InChI is InChI=1S/C19H21N5O2/c1-23-16(9-21-22-23)17(25)20-8-12-2-3-13-10-24(11-14(13)6-12)18(26)15-7-19(15)4-5-19/h2-3,6,9,15H,4-5,7-8,10-11H2,1H3,(H,20,25). The van der Waals surface area contributed by atoms with Gasteiger partial charge in [0.05, 0.1) is 6.20 Å². The molecule has 1 aliphatic heterocycles. The number of nitrogens with zero attached hydrogens (tertiary/aromatic N) is 4. The van der Waals surface area contributed by atoms with Gasteiger partial charge in [-0.3, -0.25) is 9.59 Å². The van der Waals surface area contributed by atoms with Gasteiger partial charge in [0.2, 0.25) is 5.91 Å². The van der Waals surface area contributed by atoms with Crippen molar-refractivity contribution in [1.82, 2.24) is 25.2 Å². The Kier molecular flexibility index (Phi) is 3.23. The number of fused-ring (bicyclic) bond motifs is 1. The first-order valence-corrected chi connectivity index (χ1v) is 9.08. The highest BCUT2D eigenvalue weighted by Gasteiger charge is 2.66. The van der Waals surface area contributed by atoms with E-state index < -0.39 is 0 Å². The van der Waals surface area contributed by atoms with E-state index in [1.807, 2.05) is 11.0 Å². The molecule has 2 fully saturated rings. The van der Waals surface area contributed by atoms with Crippen molar-refractivity contribution in [1.29, 1.82) is 0 Å². The summed E-state index contributed by atoms with van der Waals surface area (Å²) in [5.41, 5.74) is 4.28. The Hall–Kier alpha value is -2.70. The first-order chi connectivity index (χ1) is 12.6. The molecule has 2 aromatic rings. The topological polar surface area (TPSA) is 80.1 Å². The number of benzene rings is 1. The van der Waals surface area contributed by atoms with Crippen molar-refractivity contribution >= 4 is 11.8 Å². The smallest absolute Gasteiger partial charge is 0.271 e. The summed E-state index contributed by atoms with van der Waals surface area (Å²) >= 11 is 0. The van der Waals surface area contributed by atoms with Gasteiger partial charge in [0.15, 0.2) is 0 Å². The Bertz CT molecular complexity index is 914. The molecule has 0 bridgehead atoms. The van der Waals surface area contributed by atoms with E-state index in [9.17, 15) is 9.59 Å². The summed E-state index contributed by atoms with van der Waals surface area (Å²) in [5.74, 6) is 0.415. The molecule has 0 saturated heterocycles. The zero-order chi connectivity index (χ0) is 17.9. The molecule has 2 aliphatic carbocycles. The lowest BCUT2D eigenvalue weighted by Gasteiger charge is -2.15. The van der Waals surface area contributed by atoms with Crippen LogP contribution in [0.4, 0.5) is 0 Å². The second-order valence-electron chi connectivity index (χ2n) is 7.84. The van der Waals surface area contributed by atoms with Crippen LogP contribution in [0.15, 0.2) is 24.4 Å².